The molecule has 0 bridgehead atoms. The second-order valence-corrected chi connectivity index (χ2v) is 0.904. The van der Waals surface area contributed by atoms with E-state index < -0.39 is 0 Å². The van der Waals surface area contributed by atoms with Gasteiger partial charge in [-0.2, -0.15) is 0 Å². The van der Waals surface area contributed by atoms with Crippen molar-refractivity contribution >= 4 is 0 Å². The van der Waals surface area contributed by atoms with Crippen LogP contribution in [0.1, 0.15) is 55.4 Å². The van der Waals surface area contributed by atoms with E-state index in [1.165, 1.54) is 6.33 Å². The van der Waals surface area contributed by atoms with Gasteiger partial charge in [-0.15, -0.1) is 0 Å². The van der Waals surface area contributed by atoms with Crippen LogP contribution in [0.4, 0.5) is 0 Å². The quantitative estimate of drug-likeness (QED) is 0.612. The Labute approximate surface area is 90.8 Å². The highest BCUT2D eigenvalue weighted by Gasteiger charge is 1.59. The highest BCUT2D eigenvalue weighted by molar-refractivity contribution is 4.74. The minimum Gasteiger partial charge on any atom is -0.245 e. The minimum absolute atomic E-state index is 1.50. The third kappa shape index (κ3) is 43.6. The van der Waals surface area contributed by atoms with E-state index in [-0.39, 0.29) is 0 Å². The molecule has 0 aromatic carbocycles. The van der Waals surface area contributed by atoms with Gasteiger partial charge in [0.05, 0.1) is 0 Å². The molecule has 0 radical (unpaired) electrons. The molecule has 2 heteroatoms. The van der Waals surface area contributed by atoms with Crippen molar-refractivity contribution < 1.29 is 0 Å². The van der Waals surface area contributed by atoms with Gasteiger partial charge in [0.25, 0.3) is 0 Å². The smallest absolute Gasteiger partial charge is 0.115 e. The molecular weight excluding hydrogens is 172 g/mol. The van der Waals surface area contributed by atoms with Crippen molar-refractivity contribution in [2.24, 2.45) is 0 Å². The predicted molar refractivity (Wildman–Crippen MR) is 67.4 cm³/mol. The van der Waals surface area contributed by atoms with Crippen molar-refractivity contribution in [3.8, 4) is 0 Å². The van der Waals surface area contributed by atoms with Crippen LogP contribution in [0.15, 0.2) is 24.8 Å². The molecule has 1 aromatic heterocycles. The van der Waals surface area contributed by atoms with Crippen molar-refractivity contribution in [3.63, 3.8) is 0 Å². The zero-order chi connectivity index (χ0) is 12.2. The van der Waals surface area contributed by atoms with E-state index >= 15 is 0 Å². The standard InChI is InChI=1S/C4H4N2.4C2H6/c1-2-5-4-6-3-1;4*1-2/h1-4H;4*1-2H3. The summed E-state index contributed by atoms with van der Waals surface area (Å²) in [6, 6.07) is 1.78. The average molecular weight is 200 g/mol. The summed E-state index contributed by atoms with van der Waals surface area (Å²) in [5, 5.41) is 0. The molecule has 0 unspecified atom stereocenters. The van der Waals surface area contributed by atoms with Crippen LogP contribution in [0.25, 0.3) is 0 Å². The van der Waals surface area contributed by atoms with Crippen LogP contribution in [0.5, 0.6) is 0 Å². The molecule has 14 heavy (non-hydrogen) atoms. The molecule has 0 aliphatic carbocycles. The molecule has 0 fully saturated rings. The van der Waals surface area contributed by atoms with Gasteiger partial charge in [-0.3, -0.25) is 0 Å². The average Bonchev–Trinajstić information content (AvgIpc) is 2.41. The number of hydrogen-bond acceptors (Lipinski definition) is 2. The zero-order valence-corrected chi connectivity index (χ0v) is 11.2. The van der Waals surface area contributed by atoms with E-state index in [1.54, 1.807) is 18.5 Å². The van der Waals surface area contributed by atoms with Crippen LogP contribution in [-0.4, -0.2) is 9.97 Å². The molecule has 0 atom stereocenters. The summed E-state index contributed by atoms with van der Waals surface area (Å²) in [7, 11) is 0. The molecule has 0 spiro atoms. The summed E-state index contributed by atoms with van der Waals surface area (Å²) in [5.41, 5.74) is 0. The van der Waals surface area contributed by atoms with Gasteiger partial charge < -0.3 is 0 Å². The first-order valence-electron chi connectivity index (χ1n) is 5.70. The maximum Gasteiger partial charge on any atom is 0.115 e. The first kappa shape index (κ1) is 23.2. The fourth-order valence-corrected chi connectivity index (χ4v) is 0.253. The largest absolute Gasteiger partial charge is 0.245 e. The van der Waals surface area contributed by atoms with Gasteiger partial charge in [-0.25, -0.2) is 9.97 Å². The Bertz CT molecular complexity index is 80.2. The number of aromatic nitrogens is 2. The van der Waals surface area contributed by atoms with Crippen LogP contribution in [-0.2, 0) is 0 Å². The lowest BCUT2D eigenvalue weighted by molar-refractivity contribution is 1.17. The molecule has 0 amide bonds. The maximum atomic E-state index is 3.67. The second-order valence-electron chi connectivity index (χ2n) is 0.904. The van der Waals surface area contributed by atoms with Gasteiger partial charge in [0.1, 0.15) is 6.33 Å². The van der Waals surface area contributed by atoms with Gasteiger partial charge in [0, 0.05) is 12.4 Å². The summed E-state index contributed by atoms with van der Waals surface area (Å²) < 4.78 is 0. The van der Waals surface area contributed by atoms with Crippen LogP contribution in [0.3, 0.4) is 0 Å². The van der Waals surface area contributed by atoms with E-state index in [0.717, 1.165) is 0 Å². The van der Waals surface area contributed by atoms with E-state index in [0.29, 0.717) is 0 Å². The molecule has 0 aliphatic heterocycles. The Balaban J connectivity index is -0.0000000542. The Hall–Kier alpha value is -0.920. The number of rotatable bonds is 0. The number of nitrogens with zero attached hydrogens (tertiary/aromatic N) is 2. The summed E-state index contributed by atoms with van der Waals surface area (Å²) in [6.07, 6.45) is 4.88. The predicted octanol–water partition coefficient (Wildman–Crippen LogP) is 4.58. The lowest BCUT2D eigenvalue weighted by atomic mass is 10.7. The molecule has 0 N–H and O–H groups in total. The summed E-state index contributed by atoms with van der Waals surface area (Å²) in [5.74, 6) is 0. The lowest BCUT2D eigenvalue weighted by Crippen LogP contribution is -1.66. The maximum absolute atomic E-state index is 3.67. The fourth-order valence-electron chi connectivity index (χ4n) is 0.253. The van der Waals surface area contributed by atoms with Gasteiger partial charge >= 0.3 is 0 Å². The van der Waals surface area contributed by atoms with Crippen molar-refractivity contribution in [3.05, 3.63) is 24.8 Å². The zero-order valence-electron chi connectivity index (χ0n) is 11.2. The Morgan fingerprint density at radius 2 is 0.857 bits per heavy atom. The summed E-state index contributed by atoms with van der Waals surface area (Å²) in [4.78, 5) is 7.35. The van der Waals surface area contributed by atoms with E-state index in [9.17, 15) is 0 Å². The number of hydrogen-bond donors (Lipinski definition) is 0. The fraction of sp³-hybridized carbons (Fsp3) is 0.667. The topological polar surface area (TPSA) is 25.8 Å². The van der Waals surface area contributed by atoms with Crippen molar-refractivity contribution in [2.75, 3.05) is 0 Å². The second kappa shape index (κ2) is 57.5. The van der Waals surface area contributed by atoms with Crippen molar-refractivity contribution in [1.29, 1.82) is 0 Å². The molecule has 1 rings (SSSR count). The van der Waals surface area contributed by atoms with E-state index in [4.69, 9.17) is 0 Å². The Kier molecular flexibility index (Phi) is 95.0. The van der Waals surface area contributed by atoms with Gasteiger partial charge in [-0.05, 0) is 6.07 Å². The SMILES string of the molecule is CC.CC.CC.CC.c1cncnc1. The third-order valence-electron chi connectivity index (χ3n) is 0.478. The van der Waals surface area contributed by atoms with Crippen LogP contribution < -0.4 is 0 Å². The van der Waals surface area contributed by atoms with Crippen molar-refractivity contribution in [1.82, 2.24) is 9.97 Å². The first-order chi connectivity index (χ1) is 7.00. The molecule has 1 heterocycles. The highest BCUT2D eigenvalue weighted by Crippen LogP contribution is 1.66. The normalized spacial score (nSPS) is 5.14. The molecule has 1 aromatic rings. The monoisotopic (exact) mass is 200 g/mol. The Morgan fingerprint density at radius 3 is 0.929 bits per heavy atom. The van der Waals surface area contributed by atoms with Crippen LogP contribution in [0.2, 0.25) is 0 Å². The lowest BCUT2D eigenvalue weighted by Gasteiger charge is -1.70. The highest BCUT2D eigenvalue weighted by atomic mass is 14.8. The molecule has 0 saturated heterocycles. The first-order valence-corrected chi connectivity index (χ1v) is 5.70. The third-order valence-corrected chi connectivity index (χ3v) is 0.478. The summed E-state index contributed by atoms with van der Waals surface area (Å²) in [6.45, 7) is 16.0. The summed E-state index contributed by atoms with van der Waals surface area (Å²) >= 11 is 0. The van der Waals surface area contributed by atoms with E-state index in [2.05, 4.69) is 9.97 Å². The Morgan fingerprint density at radius 1 is 0.571 bits per heavy atom. The van der Waals surface area contributed by atoms with E-state index in [1.807, 2.05) is 55.4 Å². The van der Waals surface area contributed by atoms with Crippen LogP contribution in [0, 0.1) is 0 Å². The molecular formula is C12H28N2. The molecule has 0 aliphatic rings. The van der Waals surface area contributed by atoms with Gasteiger partial charge in [-0.1, -0.05) is 55.4 Å². The molecule has 2 nitrogen and oxygen atoms in total. The van der Waals surface area contributed by atoms with Gasteiger partial charge in [0.2, 0.25) is 0 Å². The molecule has 0 saturated carbocycles. The minimum atomic E-state index is 1.50. The van der Waals surface area contributed by atoms with Gasteiger partial charge in [0.15, 0.2) is 0 Å². The van der Waals surface area contributed by atoms with Crippen molar-refractivity contribution in [2.45, 2.75) is 55.4 Å². The van der Waals surface area contributed by atoms with Crippen LogP contribution >= 0.6 is 0 Å². The molecule has 86 valence electrons.